The number of rotatable bonds is 8. The molecule has 2 atom stereocenters. The van der Waals surface area contributed by atoms with E-state index in [2.05, 4.69) is 10.6 Å². The number of hydrogen-bond donors (Lipinski definition) is 3. The van der Waals surface area contributed by atoms with Gasteiger partial charge in [-0.1, -0.05) is 51.1 Å². The highest BCUT2D eigenvalue weighted by atomic mass is 16.5. The van der Waals surface area contributed by atoms with E-state index < -0.39 is 30.1 Å². The van der Waals surface area contributed by atoms with Gasteiger partial charge in [-0.3, -0.25) is 4.79 Å². The van der Waals surface area contributed by atoms with Crippen molar-refractivity contribution < 1.29 is 24.2 Å². The molecule has 0 bridgehead atoms. The van der Waals surface area contributed by atoms with Crippen molar-refractivity contribution in [2.24, 2.45) is 5.92 Å². The number of amides is 2. The third kappa shape index (κ3) is 6.28. The second kappa shape index (κ2) is 9.54. The van der Waals surface area contributed by atoms with E-state index in [0.717, 1.165) is 5.56 Å². The van der Waals surface area contributed by atoms with Gasteiger partial charge in [0.1, 0.15) is 18.7 Å². The van der Waals surface area contributed by atoms with Crippen LogP contribution in [0.5, 0.6) is 0 Å². The predicted molar refractivity (Wildman–Crippen MR) is 88.2 cm³/mol. The standard InChI is InChI=1S/C17H24N2O5/c1-4-13(16(21)22)18-15(20)14(11(2)3)19-17(23)24-10-12-8-6-5-7-9-12/h5-9,11,13-14H,4,10H2,1-3H3,(H,18,20)(H,19,23)(H,21,22)/t13-,14-/m1/s1. The van der Waals surface area contributed by atoms with Gasteiger partial charge in [0.15, 0.2) is 0 Å². The van der Waals surface area contributed by atoms with Crippen molar-refractivity contribution in [1.82, 2.24) is 10.6 Å². The van der Waals surface area contributed by atoms with Crippen molar-refractivity contribution in [3.63, 3.8) is 0 Å². The van der Waals surface area contributed by atoms with Crippen LogP contribution >= 0.6 is 0 Å². The Labute approximate surface area is 141 Å². The summed E-state index contributed by atoms with van der Waals surface area (Å²) in [7, 11) is 0. The Hall–Kier alpha value is -2.57. The summed E-state index contributed by atoms with van der Waals surface area (Å²) < 4.78 is 5.09. The van der Waals surface area contributed by atoms with Gasteiger partial charge in [0, 0.05) is 0 Å². The first-order chi connectivity index (χ1) is 11.3. The summed E-state index contributed by atoms with van der Waals surface area (Å²) >= 11 is 0. The zero-order valence-electron chi connectivity index (χ0n) is 14.1. The lowest BCUT2D eigenvalue weighted by Crippen LogP contribution is -2.53. The number of hydrogen-bond acceptors (Lipinski definition) is 4. The predicted octanol–water partition coefficient (Wildman–Crippen LogP) is 1.92. The molecule has 1 aromatic carbocycles. The van der Waals surface area contributed by atoms with Crippen LogP contribution in [0.25, 0.3) is 0 Å². The molecular formula is C17H24N2O5. The number of carboxylic acids is 1. The number of carbonyl (C=O) groups excluding carboxylic acids is 2. The van der Waals surface area contributed by atoms with E-state index in [1.807, 2.05) is 30.3 Å². The lowest BCUT2D eigenvalue weighted by atomic mass is 10.0. The molecule has 0 unspecified atom stereocenters. The van der Waals surface area contributed by atoms with Crippen LogP contribution in [0.15, 0.2) is 30.3 Å². The fourth-order valence-electron chi connectivity index (χ4n) is 2.03. The molecule has 0 saturated carbocycles. The zero-order valence-corrected chi connectivity index (χ0v) is 14.1. The van der Waals surface area contributed by atoms with Crippen molar-refractivity contribution in [1.29, 1.82) is 0 Å². The van der Waals surface area contributed by atoms with Crippen molar-refractivity contribution >= 4 is 18.0 Å². The second-order valence-electron chi connectivity index (χ2n) is 5.74. The molecule has 0 aliphatic heterocycles. The van der Waals surface area contributed by atoms with Crippen molar-refractivity contribution in [2.45, 2.75) is 45.9 Å². The summed E-state index contributed by atoms with van der Waals surface area (Å²) in [5.41, 5.74) is 0.829. The van der Waals surface area contributed by atoms with Crippen LogP contribution in [0, 0.1) is 5.92 Å². The highest BCUT2D eigenvalue weighted by Crippen LogP contribution is 2.05. The van der Waals surface area contributed by atoms with E-state index in [1.165, 1.54) is 0 Å². The minimum atomic E-state index is -1.11. The molecule has 0 aliphatic rings. The van der Waals surface area contributed by atoms with Crippen LogP contribution in [0.2, 0.25) is 0 Å². The van der Waals surface area contributed by atoms with Crippen molar-refractivity contribution in [2.75, 3.05) is 0 Å². The monoisotopic (exact) mass is 336 g/mol. The number of carbonyl (C=O) groups is 3. The van der Waals surface area contributed by atoms with Crippen LogP contribution in [0.3, 0.4) is 0 Å². The Balaban J connectivity index is 2.59. The van der Waals surface area contributed by atoms with Gasteiger partial charge in [0.2, 0.25) is 5.91 Å². The molecule has 1 rings (SSSR count). The summed E-state index contributed by atoms with van der Waals surface area (Å²) in [5, 5.41) is 13.9. The maximum atomic E-state index is 12.2. The van der Waals surface area contributed by atoms with Gasteiger partial charge in [0.25, 0.3) is 0 Å². The number of nitrogens with one attached hydrogen (secondary N) is 2. The fourth-order valence-corrected chi connectivity index (χ4v) is 2.03. The molecular weight excluding hydrogens is 312 g/mol. The molecule has 0 fully saturated rings. The topological polar surface area (TPSA) is 105 Å². The first kappa shape index (κ1) is 19.5. The van der Waals surface area contributed by atoms with Crippen molar-refractivity contribution in [3.05, 3.63) is 35.9 Å². The van der Waals surface area contributed by atoms with Gasteiger partial charge in [-0.05, 0) is 17.9 Å². The van der Waals surface area contributed by atoms with E-state index in [9.17, 15) is 14.4 Å². The lowest BCUT2D eigenvalue weighted by Gasteiger charge is -2.23. The van der Waals surface area contributed by atoms with E-state index in [0.29, 0.717) is 0 Å². The summed E-state index contributed by atoms with van der Waals surface area (Å²) in [6.45, 7) is 5.25. The van der Waals surface area contributed by atoms with Crippen LogP contribution in [-0.4, -0.2) is 35.2 Å². The van der Waals surface area contributed by atoms with E-state index in [4.69, 9.17) is 9.84 Å². The third-order valence-electron chi connectivity index (χ3n) is 3.46. The van der Waals surface area contributed by atoms with E-state index >= 15 is 0 Å². The molecule has 7 heteroatoms. The Morgan fingerprint density at radius 3 is 2.25 bits per heavy atom. The van der Waals surface area contributed by atoms with Crippen LogP contribution < -0.4 is 10.6 Å². The Bertz CT molecular complexity index is 559. The van der Waals surface area contributed by atoms with Gasteiger partial charge in [-0.25, -0.2) is 9.59 Å². The van der Waals surface area contributed by atoms with E-state index in [-0.39, 0.29) is 18.9 Å². The Morgan fingerprint density at radius 1 is 1.12 bits per heavy atom. The maximum Gasteiger partial charge on any atom is 0.408 e. The lowest BCUT2D eigenvalue weighted by molar-refractivity contribution is -0.142. The summed E-state index contributed by atoms with van der Waals surface area (Å²) in [6, 6.07) is 7.30. The molecule has 0 aromatic heterocycles. The Kier molecular flexibility index (Phi) is 7.74. The molecule has 3 N–H and O–H groups in total. The first-order valence-electron chi connectivity index (χ1n) is 7.85. The fraction of sp³-hybridized carbons (Fsp3) is 0.471. The number of carboxylic acid groups (broad SMARTS) is 1. The molecule has 0 radical (unpaired) electrons. The molecule has 7 nitrogen and oxygen atoms in total. The van der Waals surface area contributed by atoms with Gasteiger partial charge in [0.05, 0.1) is 0 Å². The summed E-state index contributed by atoms with van der Waals surface area (Å²) in [4.78, 5) is 35.1. The molecule has 0 heterocycles. The third-order valence-corrected chi connectivity index (χ3v) is 3.46. The molecule has 2 amide bonds. The SMILES string of the molecule is CC[C@@H](NC(=O)[C@H](NC(=O)OCc1ccccc1)C(C)C)C(=O)O. The maximum absolute atomic E-state index is 12.2. The van der Waals surface area contributed by atoms with Crippen LogP contribution in [0.1, 0.15) is 32.8 Å². The summed E-state index contributed by atoms with van der Waals surface area (Å²) in [6.07, 6.45) is -0.472. The van der Waals surface area contributed by atoms with Gasteiger partial charge in [-0.2, -0.15) is 0 Å². The average molecular weight is 336 g/mol. The minimum absolute atomic E-state index is 0.0891. The Morgan fingerprint density at radius 2 is 1.75 bits per heavy atom. The van der Waals surface area contributed by atoms with Gasteiger partial charge in [-0.15, -0.1) is 0 Å². The smallest absolute Gasteiger partial charge is 0.408 e. The van der Waals surface area contributed by atoms with Crippen molar-refractivity contribution in [3.8, 4) is 0 Å². The number of alkyl carbamates (subject to hydrolysis) is 1. The highest BCUT2D eigenvalue weighted by Gasteiger charge is 2.28. The molecule has 0 saturated heterocycles. The van der Waals surface area contributed by atoms with Crippen LogP contribution in [-0.2, 0) is 20.9 Å². The molecule has 0 aliphatic carbocycles. The van der Waals surface area contributed by atoms with Gasteiger partial charge < -0.3 is 20.5 Å². The number of benzene rings is 1. The zero-order chi connectivity index (χ0) is 18.1. The average Bonchev–Trinajstić information content (AvgIpc) is 2.55. The summed E-state index contributed by atoms with van der Waals surface area (Å²) in [5.74, 6) is -1.88. The largest absolute Gasteiger partial charge is 0.480 e. The molecule has 1 aromatic rings. The normalized spacial score (nSPS) is 13.0. The number of aliphatic carboxylic acids is 1. The van der Waals surface area contributed by atoms with Gasteiger partial charge >= 0.3 is 12.1 Å². The van der Waals surface area contributed by atoms with E-state index in [1.54, 1.807) is 20.8 Å². The molecule has 0 spiro atoms. The minimum Gasteiger partial charge on any atom is -0.480 e. The highest BCUT2D eigenvalue weighted by molar-refractivity contribution is 5.89. The molecule has 132 valence electrons. The number of ether oxygens (including phenoxy) is 1. The molecule has 24 heavy (non-hydrogen) atoms. The quantitative estimate of drug-likeness (QED) is 0.673. The van der Waals surface area contributed by atoms with Crippen LogP contribution in [0.4, 0.5) is 4.79 Å². The first-order valence-corrected chi connectivity index (χ1v) is 7.85. The second-order valence-corrected chi connectivity index (χ2v) is 5.74.